The smallest absolute Gasteiger partial charge is 0.267 e. The lowest BCUT2D eigenvalue weighted by molar-refractivity contribution is -0.187. The van der Waals surface area contributed by atoms with Gasteiger partial charge in [-0.1, -0.05) is 19.3 Å². The van der Waals surface area contributed by atoms with Gasteiger partial charge in [0.2, 0.25) is 5.91 Å². The molecule has 1 spiro atoms. The molecule has 1 aromatic carbocycles. The molecule has 1 N–H and O–H groups in total. The first kappa shape index (κ1) is 20.4. The summed E-state index contributed by atoms with van der Waals surface area (Å²) >= 11 is 0. The van der Waals surface area contributed by atoms with Gasteiger partial charge >= 0.3 is 0 Å². The first-order chi connectivity index (χ1) is 14.6. The Kier molecular flexibility index (Phi) is 6.01. The second kappa shape index (κ2) is 8.85. The van der Waals surface area contributed by atoms with Crippen LogP contribution in [0.1, 0.15) is 38.5 Å². The molecule has 1 saturated heterocycles. The summed E-state index contributed by atoms with van der Waals surface area (Å²) in [7, 11) is 0. The number of ether oxygens (including phenoxy) is 1. The summed E-state index contributed by atoms with van der Waals surface area (Å²) in [5.41, 5.74) is -0.448. The van der Waals surface area contributed by atoms with Crippen LogP contribution in [0.25, 0.3) is 0 Å². The van der Waals surface area contributed by atoms with Crippen molar-refractivity contribution >= 4 is 11.8 Å². The minimum atomic E-state index is -0.615. The molecule has 1 unspecified atom stereocenters. The lowest BCUT2D eigenvalue weighted by Crippen LogP contribution is -2.77. The van der Waals surface area contributed by atoms with Crippen molar-refractivity contribution in [2.75, 3.05) is 13.1 Å². The summed E-state index contributed by atoms with van der Waals surface area (Å²) in [5.74, 6) is -0.204. The molecule has 30 heavy (non-hydrogen) atoms. The Bertz CT molecular complexity index is 863. The molecule has 2 aromatic rings. The van der Waals surface area contributed by atoms with E-state index in [2.05, 4.69) is 10.4 Å². The van der Waals surface area contributed by atoms with Crippen LogP contribution >= 0.6 is 0 Å². The van der Waals surface area contributed by atoms with Gasteiger partial charge in [0, 0.05) is 25.5 Å². The van der Waals surface area contributed by atoms with Crippen molar-refractivity contribution in [1.29, 1.82) is 0 Å². The molecule has 4 rings (SSSR count). The highest BCUT2D eigenvalue weighted by Crippen LogP contribution is 2.45. The van der Waals surface area contributed by atoms with Gasteiger partial charge in [-0.2, -0.15) is 5.10 Å². The molecule has 1 aliphatic carbocycles. The third kappa shape index (κ3) is 4.17. The number of hydrogen-bond acceptors (Lipinski definition) is 4. The van der Waals surface area contributed by atoms with Crippen molar-refractivity contribution in [3.8, 4) is 5.75 Å². The van der Waals surface area contributed by atoms with Crippen LogP contribution in [0, 0.1) is 5.82 Å². The van der Waals surface area contributed by atoms with Crippen LogP contribution in [-0.2, 0) is 16.1 Å². The van der Waals surface area contributed by atoms with Crippen LogP contribution in [0.2, 0.25) is 0 Å². The zero-order chi connectivity index (χ0) is 21.0. The topological polar surface area (TPSA) is 76.5 Å². The molecule has 2 heterocycles. The van der Waals surface area contributed by atoms with Gasteiger partial charge in [0.1, 0.15) is 18.1 Å². The number of aromatic nitrogens is 2. The number of nitrogens with one attached hydrogen (secondary N) is 1. The molecule has 7 nitrogen and oxygen atoms in total. The summed E-state index contributed by atoms with van der Waals surface area (Å²) in [6.45, 7) is 1.31. The van der Waals surface area contributed by atoms with Crippen LogP contribution in [0.15, 0.2) is 42.7 Å². The van der Waals surface area contributed by atoms with Gasteiger partial charge in [-0.05, 0) is 49.6 Å². The van der Waals surface area contributed by atoms with E-state index in [-0.39, 0.29) is 24.2 Å². The zero-order valence-corrected chi connectivity index (χ0v) is 16.9. The molecule has 0 bridgehead atoms. The highest BCUT2D eigenvalue weighted by atomic mass is 19.1. The summed E-state index contributed by atoms with van der Waals surface area (Å²) in [4.78, 5) is 27.0. The van der Waals surface area contributed by atoms with Gasteiger partial charge in [-0.15, -0.1) is 0 Å². The molecule has 2 aliphatic rings. The average molecular weight is 414 g/mol. The van der Waals surface area contributed by atoms with Gasteiger partial charge in [0.05, 0.1) is 5.54 Å². The Labute approximate surface area is 175 Å². The maximum absolute atomic E-state index is 13.2. The van der Waals surface area contributed by atoms with E-state index in [1.165, 1.54) is 24.3 Å². The second-order valence-electron chi connectivity index (χ2n) is 8.01. The van der Waals surface area contributed by atoms with Crippen molar-refractivity contribution in [1.82, 2.24) is 20.0 Å². The molecule has 2 amide bonds. The Morgan fingerprint density at radius 3 is 2.70 bits per heavy atom. The SMILES string of the molecule is O=C(CN1C(=O)C(Oc2ccc(F)cc2)C12CCCCC2)NCCCn1cccn1. The highest BCUT2D eigenvalue weighted by Gasteiger charge is 2.62. The van der Waals surface area contributed by atoms with E-state index in [1.54, 1.807) is 11.1 Å². The lowest BCUT2D eigenvalue weighted by Gasteiger charge is -2.58. The standard InChI is InChI=1S/C22H27FN4O3/c23-17-6-8-18(9-7-17)30-20-21(29)27(22(20)10-2-1-3-11-22)16-19(28)24-12-4-14-26-15-5-13-25-26/h5-9,13,15,20H,1-4,10-12,14,16H2,(H,24,28). The number of likely N-dealkylation sites (tertiary alicyclic amines) is 1. The number of nitrogens with zero attached hydrogens (tertiary/aromatic N) is 3. The number of β-lactam (4-membered cyclic amide) rings is 1. The van der Waals surface area contributed by atoms with E-state index >= 15 is 0 Å². The van der Waals surface area contributed by atoms with E-state index in [0.29, 0.717) is 12.3 Å². The number of carbonyl (C=O) groups excluding carboxylic acids is 2. The van der Waals surface area contributed by atoms with Gasteiger partial charge in [0.15, 0.2) is 6.10 Å². The molecule has 1 atom stereocenters. The normalized spacial score (nSPS) is 20.1. The van der Waals surface area contributed by atoms with Crippen molar-refractivity contribution in [2.24, 2.45) is 0 Å². The first-order valence-electron chi connectivity index (χ1n) is 10.6. The number of benzene rings is 1. The largest absolute Gasteiger partial charge is 0.478 e. The number of rotatable bonds is 8. The molecular weight excluding hydrogens is 387 g/mol. The average Bonchev–Trinajstić information content (AvgIpc) is 3.29. The molecule has 8 heteroatoms. The van der Waals surface area contributed by atoms with Crippen LogP contribution in [0.3, 0.4) is 0 Å². The summed E-state index contributed by atoms with van der Waals surface area (Å²) < 4.78 is 21.0. The van der Waals surface area contributed by atoms with E-state index in [4.69, 9.17) is 4.74 Å². The lowest BCUT2D eigenvalue weighted by atomic mass is 9.70. The van der Waals surface area contributed by atoms with E-state index in [0.717, 1.165) is 45.1 Å². The van der Waals surface area contributed by atoms with Gasteiger partial charge in [0.25, 0.3) is 5.91 Å². The third-order valence-corrected chi connectivity index (χ3v) is 6.05. The number of halogens is 1. The highest BCUT2D eigenvalue weighted by molar-refractivity contribution is 5.94. The molecule has 1 aliphatic heterocycles. The predicted octanol–water partition coefficient (Wildman–Crippen LogP) is 2.52. The van der Waals surface area contributed by atoms with Crippen molar-refractivity contribution in [3.63, 3.8) is 0 Å². The number of hydrogen-bond donors (Lipinski definition) is 1. The maximum atomic E-state index is 13.2. The van der Waals surface area contributed by atoms with E-state index in [9.17, 15) is 14.0 Å². The quantitative estimate of drug-likeness (QED) is 0.532. The third-order valence-electron chi connectivity index (χ3n) is 6.05. The molecule has 160 valence electrons. The Hall–Kier alpha value is -2.90. The molecular formula is C22H27FN4O3. The predicted molar refractivity (Wildman–Crippen MR) is 108 cm³/mol. The monoisotopic (exact) mass is 414 g/mol. The fourth-order valence-corrected chi connectivity index (χ4v) is 4.51. The van der Waals surface area contributed by atoms with Gasteiger partial charge in [-0.3, -0.25) is 14.3 Å². The van der Waals surface area contributed by atoms with Crippen molar-refractivity contribution in [2.45, 2.75) is 56.7 Å². The Morgan fingerprint density at radius 1 is 1.23 bits per heavy atom. The molecule has 2 fully saturated rings. The van der Waals surface area contributed by atoms with Crippen LogP contribution < -0.4 is 10.1 Å². The minimum Gasteiger partial charge on any atom is -0.478 e. The fourth-order valence-electron chi connectivity index (χ4n) is 4.51. The Morgan fingerprint density at radius 2 is 2.00 bits per heavy atom. The summed E-state index contributed by atoms with van der Waals surface area (Å²) in [5, 5.41) is 7.04. The molecule has 1 aromatic heterocycles. The van der Waals surface area contributed by atoms with Crippen LogP contribution in [0.5, 0.6) is 5.75 Å². The second-order valence-corrected chi connectivity index (χ2v) is 8.01. The number of aryl methyl sites for hydroxylation is 1. The van der Waals surface area contributed by atoms with Crippen LogP contribution in [-0.4, -0.2) is 51.2 Å². The fraction of sp³-hybridized carbons (Fsp3) is 0.500. The minimum absolute atomic E-state index is 0.0455. The zero-order valence-electron chi connectivity index (χ0n) is 16.9. The number of amides is 2. The van der Waals surface area contributed by atoms with E-state index < -0.39 is 11.6 Å². The van der Waals surface area contributed by atoms with Gasteiger partial charge in [-0.25, -0.2) is 4.39 Å². The summed E-state index contributed by atoms with van der Waals surface area (Å²) in [6, 6.07) is 7.57. The number of carbonyl (C=O) groups is 2. The maximum Gasteiger partial charge on any atom is 0.267 e. The first-order valence-corrected chi connectivity index (χ1v) is 10.6. The van der Waals surface area contributed by atoms with Crippen molar-refractivity contribution < 1.29 is 18.7 Å². The molecule has 1 saturated carbocycles. The Balaban J connectivity index is 1.34. The van der Waals surface area contributed by atoms with Gasteiger partial charge < -0.3 is 15.0 Å². The van der Waals surface area contributed by atoms with E-state index in [1.807, 2.05) is 16.9 Å². The summed E-state index contributed by atoms with van der Waals surface area (Å²) in [6.07, 6.45) is 8.51. The van der Waals surface area contributed by atoms with Crippen LogP contribution in [0.4, 0.5) is 4.39 Å². The van der Waals surface area contributed by atoms with Crippen molar-refractivity contribution in [3.05, 3.63) is 48.5 Å². The molecule has 0 radical (unpaired) electrons.